The highest BCUT2D eigenvalue weighted by atomic mass is 16.2. The third kappa shape index (κ3) is 2.63. The van der Waals surface area contributed by atoms with Crippen LogP contribution in [0.5, 0.6) is 0 Å². The Morgan fingerprint density at radius 1 is 1.32 bits per heavy atom. The summed E-state index contributed by atoms with van der Waals surface area (Å²) in [6.45, 7) is 4.14. The molecule has 0 aliphatic heterocycles. The predicted molar refractivity (Wildman–Crippen MR) is 86.0 cm³/mol. The number of aromatic nitrogens is 3. The minimum absolute atomic E-state index is 0.230. The first-order valence-electron chi connectivity index (χ1n) is 7.10. The number of hydrogen-bond donors (Lipinski definition) is 3. The number of hydrazone groups is 1. The SMILES string of the molecule is CC(C)c1c(C(=O)NN=Cc2ccn[nH]2)[nH]c2ccccc12. The fraction of sp³-hybridized carbons (Fsp3) is 0.188. The maximum Gasteiger partial charge on any atom is 0.288 e. The number of hydrogen-bond acceptors (Lipinski definition) is 3. The van der Waals surface area contributed by atoms with Gasteiger partial charge in [0.05, 0.1) is 11.9 Å². The normalized spacial score (nSPS) is 11.6. The zero-order valence-corrected chi connectivity index (χ0v) is 12.4. The third-order valence-electron chi connectivity index (χ3n) is 3.44. The van der Waals surface area contributed by atoms with Crippen molar-refractivity contribution in [3.8, 4) is 0 Å². The third-order valence-corrected chi connectivity index (χ3v) is 3.44. The van der Waals surface area contributed by atoms with Gasteiger partial charge < -0.3 is 4.98 Å². The second kappa shape index (κ2) is 5.85. The number of amides is 1. The topological polar surface area (TPSA) is 85.9 Å². The molecule has 0 unspecified atom stereocenters. The molecule has 112 valence electrons. The van der Waals surface area contributed by atoms with Crippen LogP contribution in [0.2, 0.25) is 0 Å². The molecule has 3 N–H and O–H groups in total. The maximum atomic E-state index is 12.4. The number of H-pyrrole nitrogens is 2. The fourth-order valence-electron chi connectivity index (χ4n) is 2.50. The molecule has 0 atom stereocenters. The highest BCUT2D eigenvalue weighted by Crippen LogP contribution is 2.28. The predicted octanol–water partition coefficient (Wildman–Crippen LogP) is 2.78. The summed E-state index contributed by atoms with van der Waals surface area (Å²) in [7, 11) is 0. The molecule has 0 spiro atoms. The molecule has 0 aliphatic rings. The molecular weight excluding hydrogens is 278 g/mol. The number of rotatable bonds is 4. The molecule has 1 amide bonds. The van der Waals surface area contributed by atoms with Crippen molar-refractivity contribution in [2.75, 3.05) is 0 Å². The molecule has 0 aliphatic carbocycles. The van der Waals surface area contributed by atoms with Crippen molar-refractivity contribution in [3.63, 3.8) is 0 Å². The molecule has 0 saturated carbocycles. The Hall–Kier alpha value is -2.89. The first kappa shape index (κ1) is 14.1. The number of fused-ring (bicyclic) bond motifs is 1. The number of para-hydroxylation sites is 1. The lowest BCUT2D eigenvalue weighted by Gasteiger charge is -2.06. The minimum atomic E-state index is -0.254. The van der Waals surface area contributed by atoms with Gasteiger partial charge in [0, 0.05) is 17.1 Å². The van der Waals surface area contributed by atoms with Crippen molar-refractivity contribution in [1.29, 1.82) is 0 Å². The molecule has 2 aromatic heterocycles. The van der Waals surface area contributed by atoms with Crippen molar-refractivity contribution in [3.05, 3.63) is 53.5 Å². The van der Waals surface area contributed by atoms with E-state index in [9.17, 15) is 4.79 Å². The van der Waals surface area contributed by atoms with E-state index in [1.165, 1.54) is 6.21 Å². The first-order valence-corrected chi connectivity index (χ1v) is 7.10. The molecule has 3 rings (SSSR count). The summed E-state index contributed by atoms with van der Waals surface area (Å²) in [5.41, 5.74) is 5.78. The van der Waals surface area contributed by atoms with E-state index < -0.39 is 0 Å². The van der Waals surface area contributed by atoms with Crippen LogP contribution in [0.15, 0.2) is 41.6 Å². The van der Waals surface area contributed by atoms with Gasteiger partial charge in [0.15, 0.2) is 0 Å². The summed E-state index contributed by atoms with van der Waals surface area (Å²) in [5, 5.41) is 11.6. The van der Waals surface area contributed by atoms with Gasteiger partial charge in [-0.2, -0.15) is 10.2 Å². The molecule has 2 heterocycles. The van der Waals surface area contributed by atoms with Crippen LogP contribution in [-0.2, 0) is 0 Å². The van der Waals surface area contributed by atoms with E-state index in [2.05, 4.69) is 39.6 Å². The number of nitrogens with one attached hydrogen (secondary N) is 3. The van der Waals surface area contributed by atoms with Crippen molar-refractivity contribution in [2.24, 2.45) is 5.10 Å². The first-order chi connectivity index (χ1) is 10.7. The number of benzene rings is 1. The molecule has 6 heteroatoms. The molecule has 1 aromatic carbocycles. The van der Waals surface area contributed by atoms with Gasteiger partial charge in [0.1, 0.15) is 5.69 Å². The summed E-state index contributed by atoms with van der Waals surface area (Å²) in [4.78, 5) is 15.6. The van der Waals surface area contributed by atoms with Crippen LogP contribution >= 0.6 is 0 Å². The Morgan fingerprint density at radius 2 is 2.14 bits per heavy atom. The van der Waals surface area contributed by atoms with E-state index in [1.54, 1.807) is 12.3 Å². The molecule has 0 radical (unpaired) electrons. The number of nitrogens with zero attached hydrogens (tertiary/aromatic N) is 2. The average Bonchev–Trinajstić information content (AvgIpc) is 3.13. The number of carbonyl (C=O) groups is 1. The zero-order chi connectivity index (χ0) is 15.5. The molecular formula is C16H17N5O. The Labute approximate surface area is 127 Å². The lowest BCUT2D eigenvalue weighted by atomic mass is 9.99. The summed E-state index contributed by atoms with van der Waals surface area (Å²) >= 11 is 0. The summed E-state index contributed by atoms with van der Waals surface area (Å²) in [6, 6.07) is 9.66. The molecule has 3 aromatic rings. The quantitative estimate of drug-likeness (QED) is 0.510. The van der Waals surface area contributed by atoms with Gasteiger partial charge in [-0.1, -0.05) is 32.0 Å². The van der Waals surface area contributed by atoms with Crippen LogP contribution in [0.4, 0.5) is 0 Å². The maximum absolute atomic E-state index is 12.4. The van der Waals surface area contributed by atoms with Crippen LogP contribution in [0.3, 0.4) is 0 Å². The van der Waals surface area contributed by atoms with Crippen LogP contribution in [0.25, 0.3) is 10.9 Å². The van der Waals surface area contributed by atoms with E-state index in [-0.39, 0.29) is 11.8 Å². The molecule has 0 fully saturated rings. The van der Waals surface area contributed by atoms with Gasteiger partial charge >= 0.3 is 0 Å². The monoisotopic (exact) mass is 295 g/mol. The Balaban J connectivity index is 1.88. The van der Waals surface area contributed by atoms with Gasteiger partial charge in [-0.3, -0.25) is 9.89 Å². The average molecular weight is 295 g/mol. The van der Waals surface area contributed by atoms with Crippen LogP contribution in [0.1, 0.15) is 41.5 Å². The van der Waals surface area contributed by atoms with Gasteiger partial charge in [-0.05, 0) is 23.6 Å². The van der Waals surface area contributed by atoms with E-state index in [0.717, 1.165) is 22.2 Å². The standard InChI is InChI=1S/C16H17N5O/c1-10(2)14-12-5-3-4-6-13(12)19-15(14)16(22)21-18-9-11-7-8-17-20-11/h3-10,19H,1-2H3,(H,17,20)(H,21,22). The highest BCUT2D eigenvalue weighted by molar-refractivity contribution is 6.01. The smallest absolute Gasteiger partial charge is 0.288 e. The summed E-state index contributed by atoms with van der Waals surface area (Å²) in [6.07, 6.45) is 3.14. The number of aromatic amines is 2. The molecule has 6 nitrogen and oxygen atoms in total. The Kier molecular flexibility index (Phi) is 3.74. The van der Waals surface area contributed by atoms with Gasteiger partial charge in [-0.25, -0.2) is 5.43 Å². The summed E-state index contributed by atoms with van der Waals surface area (Å²) < 4.78 is 0. The molecule has 0 saturated heterocycles. The largest absolute Gasteiger partial charge is 0.350 e. The van der Waals surface area contributed by atoms with Gasteiger partial charge in [0.2, 0.25) is 0 Å². The van der Waals surface area contributed by atoms with Crippen LogP contribution < -0.4 is 5.43 Å². The van der Waals surface area contributed by atoms with Crippen molar-refractivity contribution in [1.82, 2.24) is 20.6 Å². The zero-order valence-electron chi connectivity index (χ0n) is 12.4. The van der Waals surface area contributed by atoms with Crippen LogP contribution in [0, 0.1) is 0 Å². The van der Waals surface area contributed by atoms with Gasteiger partial charge in [0.25, 0.3) is 5.91 Å². The van der Waals surface area contributed by atoms with Crippen molar-refractivity contribution >= 4 is 23.0 Å². The van der Waals surface area contributed by atoms with Crippen LogP contribution in [-0.4, -0.2) is 27.3 Å². The van der Waals surface area contributed by atoms with Crippen molar-refractivity contribution < 1.29 is 4.79 Å². The molecule has 0 bridgehead atoms. The van der Waals surface area contributed by atoms with Crippen molar-refractivity contribution in [2.45, 2.75) is 19.8 Å². The van der Waals surface area contributed by atoms with E-state index in [0.29, 0.717) is 5.69 Å². The number of carbonyl (C=O) groups excluding carboxylic acids is 1. The summed E-state index contributed by atoms with van der Waals surface area (Å²) in [5.74, 6) is -0.0239. The lowest BCUT2D eigenvalue weighted by Crippen LogP contribution is -2.19. The van der Waals surface area contributed by atoms with Gasteiger partial charge in [-0.15, -0.1) is 0 Å². The second-order valence-corrected chi connectivity index (χ2v) is 5.33. The fourth-order valence-corrected chi connectivity index (χ4v) is 2.50. The Bertz CT molecular complexity index is 814. The minimum Gasteiger partial charge on any atom is -0.350 e. The molecule has 22 heavy (non-hydrogen) atoms. The van der Waals surface area contributed by atoms with E-state index in [4.69, 9.17) is 0 Å². The Morgan fingerprint density at radius 3 is 2.86 bits per heavy atom. The van der Waals surface area contributed by atoms with E-state index in [1.807, 2.05) is 24.3 Å². The van der Waals surface area contributed by atoms with E-state index >= 15 is 0 Å². The highest BCUT2D eigenvalue weighted by Gasteiger charge is 2.19. The lowest BCUT2D eigenvalue weighted by molar-refractivity contribution is 0.0949. The second-order valence-electron chi connectivity index (χ2n) is 5.33.